The van der Waals surface area contributed by atoms with E-state index in [4.69, 9.17) is 5.26 Å². The molecular formula is C14H15F3N2S. The molecule has 2 unspecified atom stereocenters. The van der Waals surface area contributed by atoms with Gasteiger partial charge < -0.3 is 0 Å². The van der Waals surface area contributed by atoms with Crippen molar-refractivity contribution in [1.82, 2.24) is 4.98 Å². The zero-order valence-electron chi connectivity index (χ0n) is 11.1. The Hall–Kier alpha value is -1.22. The second-order valence-electron chi connectivity index (χ2n) is 5.17. The lowest BCUT2D eigenvalue weighted by atomic mass is 9.91. The van der Waals surface area contributed by atoms with Crippen LogP contribution in [0.15, 0.2) is 17.2 Å². The highest BCUT2D eigenvalue weighted by Crippen LogP contribution is 2.38. The summed E-state index contributed by atoms with van der Waals surface area (Å²) in [7, 11) is 0. The summed E-state index contributed by atoms with van der Waals surface area (Å²) in [5, 5.41) is 9.47. The SMILES string of the molecule is CC1CCCC(Sc2nc(C(F)(F)F)ccc2C#N)C1. The summed E-state index contributed by atoms with van der Waals surface area (Å²) in [5.41, 5.74) is -0.705. The van der Waals surface area contributed by atoms with Crippen molar-refractivity contribution in [3.05, 3.63) is 23.4 Å². The molecule has 2 rings (SSSR count). The van der Waals surface area contributed by atoms with Gasteiger partial charge in [-0.25, -0.2) is 4.98 Å². The molecule has 1 aliphatic rings. The van der Waals surface area contributed by atoms with Crippen LogP contribution < -0.4 is 0 Å². The molecule has 1 fully saturated rings. The van der Waals surface area contributed by atoms with Crippen molar-refractivity contribution in [1.29, 1.82) is 5.26 Å². The molecule has 20 heavy (non-hydrogen) atoms. The molecule has 0 radical (unpaired) electrons. The van der Waals surface area contributed by atoms with Crippen LogP contribution in [-0.4, -0.2) is 10.2 Å². The highest BCUT2D eigenvalue weighted by molar-refractivity contribution is 7.99. The molecule has 2 nitrogen and oxygen atoms in total. The number of hydrogen-bond acceptors (Lipinski definition) is 3. The fourth-order valence-corrected chi connectivity index (χ4v) is 3.83. The van der Waals surface area contributed by atoms with Crippen LogP contribution in [-0.2, 0) is 6.18 Å². The van der Waals surface area contributed by atoms with Crippen molar-refractivity contribution in [3.8, 4) is 6.07 Å². The number of halogens is 3. The highest BCUT2D eigenvalue weighted by Gasteiger charge is 2.33. The first-order valence-electron chi connectivity index (χ1n) is 6.55. The Balaban J connectivity index is 2.23. The molecule has 0 N–H and O–H groups in total. The lowest BCUT2D eigenvalue weighted by Gasteiger charge is -2.26. The molecule has 1 aliphatic carbocycles. The van der Waals surface area contributed by atoms with E-state index in [-0.39, 0.29) is 15.8 Å². The Kier molecular flexibility index (Phi) is 4.59. The van der Waals surface area contributed by atoms with Crippen molar-refractivity contribution in [2.45, 2.75) is 49.1 Å². The van der Waals surface area contributed by atoms with Gasteiger partial charge in [0.05, 0.1) is 5.56 Å². The summed E-state index contributed by atoms with van der Waals surface area (Å²) in [6, 6.07) is 4.00. The standard InChI is InChI=1S/C14H15F3N2S/c1-9-3-2-4-11(7-9)20-13-10(8-18)5-6-12(19-13)14(15,16)17/h5-6,9,11H,2-4,7H2,1H3. The van der Waals surface area contributed by atoms with Crippen LogP contribution in [0, 0.1) is 17.2 Å². The van der Waals surface area contributed by atoms with Crippen LogP contribution in [0.5, 0.6) is 0 Å². The first kappa shape index (κ1) is 15.2. The molecule has 0 spiro atoms. The molecule has 1 heterocycles. The molecule has 1 aromatic heterocycles. The number of alkyl halides is 3. The molecule has 0 saturated heterocycles. The topological polar surface area (TPSA) is 36.7 Å². The normalized spacial score (nSPS) is 23.4. The van der Waals surface area contributed by atoms with Crippen molar-refractivity contribution >= 4 is 11.8 Å². The largest absolute Gasteiger partial charge is 0.433 e. The highest BCUT2D eigenvalue weighted by atomic mass is 32.2. The van der Waals surface area contributed by atoms with Gasteiger partial charge in [0.25, 0.3) is 0 Å². The molecular weight excluding hydrogens is 285 g/mol. The summed E-state index contributed by atoms with van der Waals surface area (Å²) in [4.78, 5) is 3.65. The average molecular weight is 300 g/mol. The fourth-order valence-electron chi connectivity index (χ4n) is 2.42. The molecule has 1 aromatic rings. The van der Waals surface area contributed by atoms with Crippen molar-refractivity contribution in [3.63, 3.8) is 0 Å². The second-order valence-corrected chi connectivity index (χ2v) is 6.46. The Morgan fingerprint density at radius 2 is 2.10 bits per heavy atom. The minimum atomic E-state index is -4.47. The Morgan fingerprint density at radius 3 is 2.70 bits per heavy atom. The van der Waals surface area contributed by atoms with Crippen molar-refractivity contribution in [2.24, 2.45) is 5.92 Å². The summed E-state index contributed by atoms with van der Waals surface area (Å²) in [5.74, 6) is 0.581. The van der Waals surface area contributed by atoms with Gasteiger partial charge in [0.1, 0.15) is 16.8 Å². The van der Waals surface area contributed by atoms with Crippen LogP contribution >= 0.6 is 11.8 Å². The van der Waals surface area contributed by atoms with Gasteiger partial charge in [-0.1, -0.05) is 19.8 Å². The Labute approximate surface area is 120 Å². The lowest BCUT2D eigenvalue weighted by molar-refractivity contribution is -0.141. The number of pyridine rings is 1. The van der Waals surface area contributed by atoms with Crippen molar-refractivity contribution in [2.75, 3.05) is 0 Å². The lowest BCUT2D eigenvalue weighted by Crippen LogP contribution is -2.16. The predicted molar refractivity (Wildman–Crippen MR) is 71.2 cm³/mol. The first-order chi connectivity index (χ1) is 9.40. The molecule has 2 atom stereocenters. The summed E-state index contributed by atoms with van der Waals surface area (Å²) >= 11 is 1.32. The van der Waals surface area contributed by atoms with Crippen LogP contribution in [0.2, 0.25) is 0 Å². The second kappa shape index (κ2) is 6.04. The van der Waals surface area contributed by atoms with Crippen LogP contribution in [0.25, 0.3) is 0 Å². The van der Waals surface area contributed by atoms with E-state index in [9.17, 15) is 13.2 Å². The van der Waals surface area contributed by atoms with E-state index in [1.807, 2.05) is 6.07 Å². The third-order valence-corrected chi connectivity index (χ3v) is 4.73. The molecule has 108 valence electrons. The van der Waals surface area contributed by atoms with Gasteiger partial charge in [-0.2, -0.15) is 18.4 Å². The maximum atomic E-state index is 12.7. The predicted octanol–water partition coefficient (Wildman–Crippen LogP) is 4.64. The van der Waals surface area contributed by atoms with E-state index in [0.717, 1.165) is 31.7 Å². The van der Waals surface area contributed by atoms with E-state index in [2.05, 4.69) is 11.9 Å². The first-order valence-corrected chi connectivity index (χ1v) is 7.43. The monoisotopic (exact) mass is 300 g/mol. The average Bonchev–Trinajstić information content (AvgIpc) is 2.37. The van der Waals surface area contributed by atoms with Crippen molar-refractivity contribution < 1.29 is 13.2 Å². The quantitative estimate of drug-likeness (QED) is 0.798. The summed E-state index contributed by atoms with van der Waals surface area (Å²) in [6.07, 6.45) is -0.285. The van der Waals surface area contributed by atoms with Gasteiger partial charge in [-0.05, 0) is 30.9 Å². The smallest absolute Gasteiger partial charge is 0.236 e. The van der Waals surface area contributed by atoms with Gasteiger partial charge >= 0.3 is 6.18 Å². The molecule has 0 amide bonds. The van der Waals surface area contributed by atoms with Gasteiger partial charge in [0.2, 0.25) is 0 Å². The number of thioether (sulfide) groups is 1. The molecule has 0 bridgehead atoms. The van der Waals surface area contributed by atoms with Crippen LogP contribution in [0.3, 0.4) is 0 Å². The number of hydrogen-bond donors (Lipinski definition) is 0. The van der Waals surface area contributed by atoms with E-state index in [1.54, 1.807) is 0 Å². The summed E-state index contributed by atoms with van der Waals surface area (Å²) in [6.45, 7) is 2.15. The molecule has 0 aliphatic heterocycles. The third kappa shape index (κ3) is 3.66. The van der Waals surface area contributed by atoms with Crippen LogP contribution in [0.4, 0.5) is 13.2 Å². The minimum absolute atomic E-state index is 0.210. The molecule has 6 heteroatoms. The Bertz CT molecular complexity index is 522. The van der Waals surface area contributed by atoms with E-state index >= 15 is 0 Å². The number of nitriles is 1. The van der Waals surface area contributed by atoms with Crippen LogP contribution in [0.1, 0.15) is 43.9 Å². The fraction of sp³-hybridized carbons (Fsp3) is 0.571. The van der Waals surface area contributed by atoms with E-state index in [1.165, 1.54) is 17.8 Å². The zero-order chi connectivity index (χ0) is 14.8. The summed E-state index contributed by atoms with van der Waals surface area (Å²) < 4.78 is 38.1. The number of nitrogens with zero attached hydrogens (tertiary/aromatic N) is 2. The van der Waals surface area contributed by atoms with Gasteiger partial charge in [0, 0.05) is 5.25 Å². The zero-order valence-corrected chi connectivity index (χ0v) is 11.9. The number of rotatable bonds is 2. The van der Waals surface area contributed by atoms with E-state index in [0.29, 0.717) is 5.92 Å². The van der Waals surface area contributed by atoms with Gasteiger partial charge in [0.15, 0.2) is 0 Å². The Morgan fingerprint density at radius 1 is 1.35 bits per heavy atom. The molecule has 0 aromatic carbocycles. The number of aromatic nitrogens is 1. The minimum Gasteiger partial charge on any atom is -0.236 e. The molecule has 1 saturated carbocycles. The van der Waals surface area contributed by atoms with E-state index < -0.39 is 11.9 Å². The van der Waals surface area contributed by atoms with Gasteiger partial charge in [-0.15, -0.1) is 11.8 Å². The maximum absolute atomic E-state index is 12.7. The maximum Gasteiger partial charge on any atom is 0.433 e. The van der Waals surface area contributed by atoms with Gasteiger partial charge in [-0.3, -0.25) is 0 Å². The third-order valence-electron chi connectivity index (χ3n) is 3.44.